The minimum Gasteiger partial charge on any atom is -0.507 e. The Morgan fingerprint density at radius 3 is 2.04 bits per heavy atom. The van der Waals surface area contributed by atoms with Gasteiger partial charge in [0.1, 0.15) is 41.5 Å². The molecule has 0 aromatic heterocycles. The SMILES string of the molecule is C=CC(=O)OCCCCCCCCCCCOc1ccc(-c2ccc(C(=O)Oc3cccc4c3-c3c(O)cccc3OC[C@@H](C)O4)cc2)cc1. The van der Waals surface area contributed by atoms with Crippen molar-refractivity contribution in [3.05, 3.63) is 103 Å². The average Bonchev–Trinajstić information content (AvgIpc) is 3.12. The number of unbranched alkanes of at least 4 members (excludes halogenated alkanes) is 8. The lowest BCUT2D eigenvalue weighted by Gasteiger charge is -2.25. The van der Waals surface area contributed by atoms with Crippen LogP contribution in [0.1, 0.15) is 75.1 Å². The van der Waals surface area contributed by atoms with Gasteiger partial charge in [0.25, 0.3) is 0 Å². The van der Waals surface area contributed by atoms with Crippen LogP contribution in [0.3, 0.4) is 0 Å². The highest BCUT2D eigenvalue weighted by atomic mass is 16.5. The van der Waals surface area contributed by atoms with E-state index in [9.17, 15) is 14.7 Å². The number of phenols is 1. The molecule has 0 unspecified atom stereocenters. The fourth-order valence-electron chi connectivity index (χ4n) is 5.85. The van der Waals surface area contributed by atoms with Crippen molar-refractivity contribution in [1.82, 2.24) is 0 Å². The maximum absolute atomic E-state index is 13.3. The molecule has 0 aliphatic carbocycles. The van der Waals surface area contributed by atoms with Gasteiger partial charge in [-0.2, -0.15) is 0 Å². The molecule has 1 aliphatic rings. The van der Waals surface area contributed by atoms with Gasteiger partial charge in [0.15, 0.2) is 0 Å². The van der Waals surface area contributed by atoms with Gasteiger partial charge in [-0.15, -0.1) is 0 Å². The van der Waals surface area contributed by atoms with Crippen LogP contribution < -0.4 is 18.9 Å². The maximum atomic E-state index is 13.3. The molecular formula is C42H46O8. The minimum atomic E-state index is -0.526. The highest BCUT2D eigenvalue weighted by Gasteiger charge is 2.26. The van der Waals surface area contributed by atoms with Crippen LogP contribution in [0.2, 0.25) is 0 Å². The molecule has 8 heteroatoms. The van der Waals surface area contributed by atoms with Gasteiger partial charge in [0.05, 0.1) is 29.9 Å². The largest absolute Gasteiger partial charge is 0.507 e. The topological polar surface area (TPSA) is 101 Å². The molecule has 1 heterocycles. The van der Waals surface area contributed by atoms with Gasteiger partial charge in [0, 0.05) is 6.08 Å². The average molecular weight is 679 g/mol. The van der Waals surface area contributed by atoms with Crippen molar-refractivity contribution >= 4 is 11.9 Å². The van der Waals surface area contributed by atoms with Crippen LogP contribution in [-0.4, -0.2) is 43.0 Å². The van der Waals surface area contributed by atoms with Crippen LogP contribution in [-0.2, 0) is 9.53 Å². The molecule has 0 spiro atoms. The molecule has 262 valence electrons. The Morgan fingerprint density at radius 1 is 0.760 bits per heavy atom. The number of carbonyl (C=O) groups excluding carboxylic acids is 2. The molecule has 4 aromatic carbocycles. The minimum absolute atomic E-state index is 0.00359. The van der Waals surface area contributed by atoms with Gasteiger partial charge in [-0.1, -0.05) is 87.9 Å². The molecule has 0 radical (unpaired) electrons. The first-order chi connectivity index (χ1) is 24.4. The van der Waals surface area contributed by atoms with E-state index in [0.717, 1.165) is 42.6 Å². The monoisotopic (exact) mass is 678 g/mol. The molecule has 50 heavy (non-hydrogen) atoms. The highest BCUT2D eigenvalue weighted by molar-refractivity contribution is 5.94. The van der Waals surface area contributed by atoms with Crippen molar-refractivity contribution in [1.29, 1.82) is 0 Å². The number of hydrogen-bond acceptors (Lipinski definition) is 8. The quantitative estimate of drug-likeness (QED) is 0.0510. The van der Waals surface area contributed by atoms with E-state index < -0.39 is 5.97 Å². The number of aromatic hydroxyl groups is 1. The van der Waals surface area contributed by atoms with Crippen LogP contribution in [0.4, 0.5) is 0 Å². The third kappa shape index (κ3) is 10.1. The zero-order valence-corrected chi connectivity index (χ0v) is 28.7. The zero-order chi connectivity index (χ0) is 35.1. The Balaban J connectivity index is 1.06. The number of rotatable bonds is 17. The summed E-state index contributed by atoms with van der Waals surface area (Å²) in [5, 5.41) is 10.8. The predicted octanol–water partition coefficient (Wildman–Crippen LogP) is 9.72. The van der Waals surface area contributed by atoms with Crippen molar-refractivity contribution in [2.45, 2.75) is 70.8 Å². The van der Waals surface area contributed by atoms with E-state index in [4.69, 9.17) is 23.7 Å². The normalized spacial score (nSPS) is 13.3. The van der Waals surface area contributed by atoms with E-state index in [0.29, 0.717) is 48.0 Å². The molecule has 0 amide bonds. The van der Waals surface area contributed by atoms with Gasteiger partial charge >= 0.3 is 11.9 Å². The lowest BCUT2D eigenvalue weighted by Crippen LogP contribution is -2.23. The second-order valence-electron chi connectivity index (χ2n) is 12.4. The summed E-state index contributed by atoms with van der Waals surface area (Å²) in [6, 6.07) is 25.5. The van der Waals surface area contributed by atoms with Crippen LogP contribution in [0.15, 0.2) is 97.6 Å². The fourth-order valence-corrected chi connectivity index (χ4v) is 5.85. The van der Waals surface area contributed by atoms with Gasteiger partial charge in [-0.25, -0.2) is 9.59 Å². The Kier molecular flexibility index (Phi) is 13.3. The third-order valence-electron chi connectivity index (χ3n) is 8.52. The molecule has 0 bridgehead atoms. The number of carbonyl (C=O) groups is 2. The van der Waals surface area contributed by atoms with Gasteiger partial charge in [-0.3, -0.25) is 0 Å². The first-order valence-corrected chi connectivity index (χ1v) is 17.5. The summed E-state index contributed by atoms with van der Waals surface area (Å²) in [7, 11) is 0. The first kappa shape index (κ1) is 36.1. The van der Waals surface area contributed by atoms with Crippen LogP contribution >= 0.6 is 0 Å². The van der Waals surface area contributed by atoms with Crippen molar-refractivity contribution < 1.29 is 38.4 Å². The maximum Gasteiger partial charge on any atom is 0.343 e. The summed E-state index contributed by atoms with van der Waals surface area (Å²) in [6.07, 6.45) is 11.2. The number of esters is 2. The fraction of sp³-hybridized carbons (Fsp3) is 0.333. The molecule has 1 aliphatic heterocycles. The van der Waals surface area contributed by atoms with Gasteiger partial charge in [0.2, 0.25) is 0 Å². The number of ether oxygens (including phenoxy) is 5. The zero-order valence-electron chi connectivity index (χ0n) is 28.7. The highest BCUT2D eigenvalue weighted by Crippen LogP contribution is 2.48. The second-order valence-corrected chi connectivity index (χ2v) is 12.4. The summed E-state index contributed by atoms with van der Waals surface area (Å²) in [5.41, 5.74) is 3.25. The van der Waals surface area contributed by atoms with Crippen molar-refractivity contribution in [2.24, 2.45) is 0 Å². The van der Waals surface area contributed by atoms with Crippen molar-refractivity contribution in [3.63, 3.8) is 0 Å². The molecule has 0 fully saturated rings. The number of benzene rings is 4. The standard InChI is InChI=1S/C42H46O8/c1-3-39(44)47-28-12-10-8-6-4-5-7-9-11-27-46-34-25-23-32(24-26-34)31-19-21-33(22-20-31)42(45)50-38-18-14-17-37-41(38)40-35(43)15-13-16-36(40)48-29-30(2)49-37/h3,13-26,30,43H,1,4-12,27-29H2,2H3/t30-/m1/s1. The van der Waals surface area contributed by atoms with Crippen LogP contribution in [0.5, 0.6) is 28.7 Å². The first-order valence-electron chi connectivity index (χ1n) is 17.5. The molecule has 0 saturated heterocycles. The molecular weight excluding hydrogens is 632 g/mol. The third-order valence-corrected chi connectivity index (χ3v) is 8.52. The molecule has 4 aromatic rings. The van der Waals surface area contributed by atoms with Crippen molar-refractivity contribution in [3.8, 4) is 51.0 Å². The molecule has 5 rings (SSSR count). The molecule has 1 N–H and O–H groups in total. The number of phenolic OH excluding ortho intramolecular Hbond substituents is 1. The Morgan fingerprint density at radius 2 is 1.36 bits per heavy atom. The summed E-state index contributed by atoms with van der Waals surface area (Å²) in [6.45, 7) is 6.77. The Hall–Kier alpha value is -5.24. The number of fused-ring (bicyclic) bond motifs is 3. The van der Waals surface area contributed by atoms with E-state index in [1.165, 1.54) is 38.2 Å². The van der Waals surface area contributed by atoms with E-state index in [1.54, 1.807) is 48.5 Å². The molecule has 0 saturated carbocycles. The summed E-state index contributed by atoms with van der Waals surface area (Å²) < 4.78 is 28.8. The predicted molar refractivity (Wildman–Crippen MR) is 194 cm³/mol. The molecule has 8 nitrogen and oxygen atoms in total. The van der Waals surface area contributed by atoms with E-state index in [-0.39, 0.29) is 23.6 Å². The summed E-state index contributed by atoms with van der Waals surface area (Å²) in [5.74, 6) is 1.22. The number of hydrogen-bond donors (Lipinski definition) is 1. The lowest BCUT2D eigenvalue weighted by molar-refractivity contribution is -0.137. The van der Waals surface area contributed by atoms with Crippen molar-refractivity contribution in [2.75, 3.05) is 19.8 Å². The summed E-state index contributed by atoms with van der Waals surface area (Å²) >= 11 is 0. The van der Waals surface area contributed by atoms with Gasteiger partial charge in [-0.05, 0) is 79.4 Å². The van der Waals surface area contributed by atoms with E-state index in [1.807, 2.05) is 43.3 Å². The Bertz CT molecular complexity index is 1710. The smallest absolute Gasteiger partial charge is 0.343 e. The van der Waals surface area contributed by atoms with Crippen LogP contribution in [0, 0.1) is 0 Å². The van der Waals surface area contributed by atoms with Gasteiger partial charge < -0.3 is 28.8 Å². The van der Waals surface area contributed by atoms with E-state index in [2.05, 4.69) is 6.58 Å². The second kappa shape index (κ2) is 18.5. The Labute approximate surface area is 294 Å². The van der Waals surface area contributed by atoms with E-state index >= 15 is 0 Å². The molecule has 1 atom stereocenters. The summed E-state index contributed by atoms with van der Waals surface area (Å²) in [4.78, 5) is 24.3. The lowest BCUT2D eigenvalue weighted by atomic mass is 10.00. The van der Waals surface area contributed by atoms with Crippen LogP contribution in [0.25, 0.3) is 22.3 Å².